The summed E-state index contributed by atoms with van der Waals surface area (Å²) in [6.07, 6.45) is 6.26. The van der Waals surface area contributed by atoms with Crippen molar-refractivity contribution in [3.8, 4) is 22.8 Å². The van der Waals surface area contributed by atoms with Crippen molar-refractivity contribution >= 4 is 23.2 Å². The fourth-order valence-corrected chi connectivity index (χ4v) is 5.78. The molecule has 38 heavy (non-hydrogen) atoms. The summed E-state index contributed by atoms with van der Waals surface area (Å²) in [6, 6.07) is 6.44. The molecule has 0 saturated carbocycles. The van der Waals surface area contributed by atoms with Crippen molar-refractivity contribution in [3.05, 3.63) is 53.7 Å². The Morgan fingerprint density at radius 1 is 1.24 bits per heavy atom. The second kappa shape index (κ2) is 10.00. The zero-order valence-electron chi connectivity index (χ0n) is 21.2. The molecule has 2 aromatic heterocycles. The maximum Gasteiger partial charge on any atom is 0.255 e. The minimum atomic E-state index is -0.517. The van der Waals surface area contributed by atoms with Crippen LogP contribution in [-0.2, 0) is 4.79 Å². The number of carbonyl (C=O) groups excluding carboxylic acids is 2. The molecule has 3 aliphatic heterocycles. The molecule has 198 valence electrons. The van der Waals surface area contributed by atoms with Gasteiger partial charge in [-0.1, -0.05) is 6.07 Å². The van der Waals surface area contributed by atoms with Crippen LogP contribution in [0.5, 0.6) is 11.5 Å². The number of H-pyrrole nitrogens is 1. The lowest BCUT2D eigenvalue weighted by Crippen LogP contribution is -2.42. The number of amides is 2. The van der Waals surface area contributed by atoms with Crippen molar-refractivity contribution in [2.24, 2.45) is 5.92 Å². The summed E-state index contributed by atoms with van der Waals surface area (Å²) >= 11 is 0. The van der Waals surface area contributed by atoms with Crippen molar-refractivity contribution in [2.45, 2.75) is 31.6 Å². The first-order chi connectivity index (χ1) is 18.5. The Kier molecular flexibility index (Phi) is 6.39. The third kappa shape index (κ3) is 4.33. The number of nitrogens with zero attached hydrogens (tertiary/aromatic N) is 2. The van der Waals surface area contributed by atoms with Gasteiger partial charge in [0.1, 0.15) is 5.75 Å². The van der Waals surface area contributed by atoms with Crippen LogP contribution in [-0.4, -0.2) is 60.0 Å². The van der Waals surface area contributed by atoms with Gasteiger partial charge in [0.05, 0.1) is 42.5 Å². The molecular weight excluding hydrogens is 489 g/mol. The molecule has 9 nitrogen and oxygen atoms in total. The molecule has 6 rings (SSSR count). The summed E-state index contributed by atoms with van der Waals surface area (Å²) in [5.41, 5.74) is 3.43. The van der Waals surface area contributed by atoms with E-state index >= 15 is 0 Å². The minimum absolute atomic E-state index is 0.0465. The lowest BCUT2D eigenvalue weighted by atomic mass is 9.91. The molecule has 1 fully saturated rings. The number of rotatable bonds is 3. The van der Waals surface area contributed by atoms with Crippen molar-refractivity contribution in [3.63, 3.8) is 0 Å². The van der Waals surface area contributed by atoms with Crippen LogP contribution >= 0.6 is 0 Å². The number of para-hydroxylation sites is 1. The number of piperidine rings is 1. The smallest absolute Gasteiger partial charge is 0.255 e. The number of hydrogen-bond donors (Lipinski definition) is 3. The fourth-order valence-electron chi connectivity index (χ4n) is 5.78. The first-order valence-corrected chi connectivity index (χ1v) is 13.0. The molecule has 10 heteroatoms. The molecule has 0 spiro atoms. The summed E-state index contributed by atoms with van der Waals surface area (Å²) in [4.78, 5) is 36.1. The molecule has 3 aromatic rings. The first kappa shape index (κ1) is 24.3. The van der Waals surface area contributed by atoms with Gasteiger partial charge in [-0.15, -0.1) is 0 Å². The number of aromatic amines is 1. The summed E-state index contributed by atoms with van der Waals surface area (Å²) < 4.78 is 26.2. The van der Waals surface area contributed by atoms with Gasteiger partial charge in [-0.25, -0.2) is 4.39 Å². The Morgan fingerprint density at radius 3 is 3.00 bits per heavy atom. The molecule has 5 heterocycles. The largest absolute Gasteiger partial charge is 0.492 e. The molecule has 4 bridgehead atoms. The highest BCUT2D eigenvalue weighted by Crippen LogP contribution is 2.44. The topological polar surface area (TPSA) is 109 Å². The van der Waals surface area contributed by atoms with Gasteiger partial charge in [0.25, 0.3) is 5.91 Å². The standard InChI is InChI=1S/C28H30FN5O4/c1-37-27-19(29)5-2-6-20(27)32-26-23-24-17(12-31-28(23)36)7-8-22(35)34-11-3-4-16(14-34)15-38-21-13-30-10-9-18(21)25(26)33-24/h2,5-6,9-10,13,16-17,32-33H,3-4,7-8,11-12,14-15H2,1H3,(H,31,36). The second-order valence-electron chi connectivity index (χ2n) is 10.1. The highest BCUT2D eigenvalue weighted by atomic mass is 19.1. The minimum Gasteiger partial charge on any atom is -0.492 e. The number of hydrogen-bond acceptors (Lipinski definition) is 6. The van der Waals surface area contributed by atoms with Crippen LogP contribution in [0.15, 0.2) is 36.7 Å². The molecule has 2 amide bonds. The number of carbonyl (C=O) groups is 2. The van der Waals surface area contributed by atoms with E-state index in [1.165, 1.54) is 13.2 Å². The SMILES string of the molecule is COc1c(F)cccc1Nc1c2[nH]c3c1C(=O)NCC3CCC(=O)N1CCCC(COc3cnccc3-2)C1. The Labute approximate surface area is 219 Å². The van der Waals surface area contributed by atoms with Crippen LogP contribution in [0.25, 0.3) is 11.3 Å². The molecule has 3 N–H and O–H groups in total. The predicted molar refractivity (Wildman–Crippen MR) is 139 cm³/mol. The van der Waals surface area contributed by atoms with E-state index in [4.69, 9.17) is 9.47 Å². The number of nitrogens with one attached hydrogen (secondary N) is 3. The number of methoxy groups -OCH3 is 1. The number of ether oxygens (including phenoxy) is 2. The number of halogens is 1. The molecule has 2 unspecified atom stereocenters. The Bertz CT molecular complexity index is 1390. The van der Waals surface area contributed by atoms with E-state index in [2.05, 4.69) is 20.6 Å². The Hall–Kier alpha value is -4.08. The van der Waals surface area contributed by atoms with Crippen LogP contribution < -0.4 is 20.1 Å². The maximum absolute atomic E-state index is 14.6. The Morgan fingerprint density at radius 2 is 2.13 bits per heavy atom. The van der Waals surface area contributed by atoms with E-state index in [1.54, 1.807) is 24.5 Å². The van der Waals surface area contributed by atoms with Crippen LogP contribution in [0.4, 0.5) is 15.8 Å². The van der Waals surface area contributed by atoms with Gasteiger partial charge in [-0.2, -0.15) is 0 Å². The highest BCUT2D eigenvalue weighted by Gasteiger charge is 2.35. The van der Waals surface area contributed by atoms with E-state index in [-0.39, 0.29) is 29.4 Å². The summed E-state index contributed by atoms with van der Waals surface area (Å²) in [6.45, 7) is 2.31. The Balaban J connectivity index is 1.51. The number of benzene rings is 1. The molecule has 1 aromatic carbocycles. The lowest BCUT2D eigenvalue weighted by Gasteiger charge is -2.33. The van der Waals surface area contributed by atoms with Crippen LogP contribution in [0.3, 0.4) is 0 Å². The van der Waals surface area contributed by atoms with E-state index < -0.39 is 5.82 Å². The molecule has 0 aliphatic carbocycles. The fraction of sp³-hybridized carbons (Fsp3) is 0.393. The van der Waals surface area contributed by atoms with Gasteiger partial charge >= 0.3 is 0 Å². The van der Waals surface area contributed by atoms with E-state index in [9.17, 15) is 14.0 Å². The summed E-state index contributed by atoms with van der Waals surface area (Å²) in [5, 5.41) is 6.27. The van der Waals surface area contributed by atoms with Crippen LogP contribution in [0.2, 0.25) is 0 Å². The van der Waals surface area contributed by atoms with E-state index in [1.807, 2.05) is 11.0 Å². The highest BCUT2D eigenvalue weighted by molar-refractivity contribution is 6.07. The number of anilines is 2. The van der Waals surface area contributed by atoms with Crippen LogP contribution in [0.1, 0.15) is 47.7 Å². The number of fused-ring (bicyclic) bond motifs is 5. The van der Waals surface area contributed by atoms with Crippen molar-refractivity contribution in [2.75, 3.05) is 38.7 Å². The maximum atomic E-state index is 14.6. The van der Waals surface area contributed by atoms with E-state index in [0.717, 1.165) is 30.6 Å². The van der Waals surface area contributed by atoms with Gasteiger partial charge in [-0.05, 0) is 37.5 Å². The predicted octanol–water partition coefficient (Wildman–Crippen LogP) is 4.21. The third-order valence-corrected chi connectivity index (χ3v) is 7.71. The van der Waals surface area contributed by atoms with Gasteiger partial charge in [0.15, 0.2) is 11.6 Å². The molecule has 0 radical (unpaired) electrons. The zero-order valence-corrected chi connectivity index (χ0v) is 21.2. The van der Waals surface area contributed by atoms with Crippen LogP contribution in [0, 0.1) is 11.7 Å². The first-order valence-electron chi connectivity index (χ1n) is 13.0. The summed E-state index contributed by atoms with van der Waals surface area (Å²) in [7, 11) is 1.40. The second-order valence-corrected chi connectivity index (χ2v) is 10.1. The van der Waals surface area contributed by atoms with Gasteiger partial charge in [-0.3, -0.25) is 14.6 Å². The monoisotopic (exact) mass is 519 g/mol. The van der Waals surface area contributed by atoms with E-state index in [0.29, 0.717) is 60.9 Å². The molecule has 3 aliphatic rings. The molecular formula is C28H30FN5O4. The zero-order chi connectivity index (χ0) is 26.2. The normalized spacial score (nSPS) is 21.1. The number of aromatic nitrogens is 2. The molecule has 1 saturated heterocycles. The van der Waals surface area contributed by atoms with Gasteiger partial charge < -0.3 is 30.0 Å². The summed E-state index contributed by atoms with van der Waals surface area (Å²) in [5.74, 6) is 0.109. The lowest BCUT2D eigenvalue weighted by molar-refractivity contribution is -0.133. The van der Waals surface area contributed by atoms with Crippen molar-refractivity contribution in [1.29, 1.82) is 0 Å². The quantitative estimate of drug-likeness (QED) is 0.479. The average Bonchev–Trinajstić information content (AvgIpc) is 3.31. The van der Waals surface area contributed by atoms with Gasteiger partial charge in [0.2, 0.25) is 5.91 Å². The van der Waals surface area contributed by atoms with Crippen molar-refractivity contribution in [1.82, 2.24) is 20.2 Å². The van der Waals surface area contributed by atoms with Gasteiger partial charge in [0, 0.05) is 55.3 Å². The third-order valence-electron chi connectivity index (χ3n) is 7.71. The average molecular weight is 520 g/mol. The molecule has 2 atom stereocenters. The number of pyridine rings is 1. The van der Waals surface area contributed by atoms with Crippen molar-refractivity contribution < 1.29 is 23.5 Å².